The first-order valence-electron chi connectivity index (χ1n) is 6.83. The second-order valence-corrected chi connectivity index (χ2v) is 7.99. The van der Waals surface area contributed by atoms with Crippen LogP contribution in [0.3, 0.4) is 0 Å². The van der Waals surface area contributed by atoms with Crippen molar-refractivity contribution in [1.82, 2.24) is 19.0 Å². The van der Waals surface area contributed by atoms with Gasteiger partial charge in [0.05, 0.1) is 0 Å². The SMILES string of the molecule is CCCN1C[C@H](NS(=O)(=O)c2c(Cl)nc3sccn23)CC1=O. The fourth-order valence-corrected chi connectivity index (χ4v) is 5.27. The largest absolute Gasteiger partial charge is 0.341 e. The van der Waals surface area contributed by atoms with E-state index in [9.17, 15) is 13.2 Å². The molecule has 1 N–H and O–H groups in total. The van der Waals surface area contributed by atoms with E-state index in [4.69, 9.17) is 11.6 Å². The van der Waals surface area contributed by atoms with Gasteiger partial charge < -0.3 is 4.90 Å². The van der Waals surface area contributed by atoms with Gasteiger partial charge in [0.2, 0.25) is 5.91 Å². The predicted octanol–water partition coefficient (Wildman–Crippen LogP) is 1.34. The molecular weight excluding hydrogens is 348 g/mol. The van der Waals surface area contributed by atoms with Crippen molar-refractivity contribution in [2.24, 2.45) is 0 Å². The van der Waals surface area contributed by atoms with Crippen molar-refractivity contribution < 1.29 is 13.2 Å². The summed E-state index contributed by atoms with van der Waals surface area (Å²) in [6, 6.07) is -0.440. The highest BCUT2D eigenvalue weighted by Gasteiger charge is 2.34. The number of rotatable bonds is 5. The molecule has 0 unspecified atom stereocenters. The third kappa shape index (κ3) is 2.73. The zero-order valence-electron chi connectivity index (χ0n) is 11.8. The molecule has 1 atom stereocenters. The minimum atomic E-state index is -3.84. The molecule has 0 radical (unpaired) electrons. The van der Waals surface area contributed by atoms with Crippen LogP contribution in [0.25, 0.3) is 4.96 Å². The van der Waals surface area contributed by atoms with E-state index < -0.39 is 16.1 Å². The second kappa shape index (κ2) is 5.80. The quantitative estimate of drug-likeness (QED) is 0.869. The van der Waals surface area contributed by atoms with Crippen molar-refractivity contribution in [2.75, 3.05) is 13.1 Å². The van der Waals surface area contributed by atoms with Gasteiger partial charge in [-0.2, -0.15) is 0 Å². The Morgan fingerprint density at radius 1 is 1.55 bits per heavy atom. The summed E-state index contributed by atoms with van der Waals surface area (Å²) in [6.07, 6.45) is 2.62. The lowest BCUT2D eigenvalue weighted by Crippen LogP contribution is -2.37. The number of hydrogen-bond acceptors (Lipinski definition) is 5. The average molecular weight is 363 g/mol. The van der Waals surface area contributed by atoms with Crippen LogP contribution in [-0.2, 0) is 14.8 Å². The lowest BCUT2D eigenvalue weighted by atomic mass is 10.3. The van der Waals surface area contributed by atoms with E-state index in [0.717, 1.165) is 6.42 Å². The van der Waals surface area contributed by atoms with E-state index in [1.165, 1.54) is 15.7 Å². The normalized spacial score (nSPS) is 19.5. The molecule has 0 bridgehead atoms. The molecule has 1 amide bonds. The van der Waals surface area contributed by atoms with Gasteiger partial charge >= 0.3 is 0 Å². The summed E-state index contributed by atoms with van der Waals surface area (Å²) >= 11 is 7.27. The number of thiazole rings is 1. The summed E-state index contributed by atoms with van der Waals surface area (Å²) < 4.78 is 29.2. The Labute approximate surface area is 136 Å². The predicted molar refractivity (Wildman–Crippen MR) is 83.7 cm³/mol. The van der Waals surface area contributed by atoms with Crippen LogP contribution in [0.1, 0.15) is 19.8 Å². The molecule has 1 fully saturated rings. The molecule has 0 aliphatic carbocycles. The van der Waals surface area contributed by atoms with Crippen molar-refractivity contribution in [3.8, 4) is 0 Å². The average Bonchev–Trinajstić information content (AvgIpc) is 3.04. The van der Waals surface area contributed by atoms with Crippen LogP contribution in [-0.4, -0.2) is 47.7 Å². The number of nitrogens with zero attached hydrogens (tertiary/aromatic N) is 3. The number of carbonyl (C=O) groups excluding carboxylic acids is 1. The highest BCUT2D eigenvalue weighted by Crippen LogP contribution is 2.26. The Bertz CT molecular complexity index is 814. The molecule has 22 heavy (non-hydrogen) atoms. The fraction of sp³-hybridized carbons (Fsp3) is 0.500. The monoisotopic (exact) mass is 362 g/mol. The molecule has 3 heterocycles. The lowest BCUT2D eigenvalue weighted by Gasteiger charge is -2.16. The van der Waals surface area contributed by atoms with E-state index in [-0.39, 0.29) is 22.5 Å². The number of sulfonamides is 1. The number of aromatic nitrogens is 2. The van der Waals surface area contributed by atoms with Gasteiger partial charge in [-0.25, -0.2) is 18.1 Å². The Morgan fingerprint density at radius 2 is 2.32 bits per heavy atom. The fourth-order valence-electron chi connectivity index (χ4n) is 2.59. The zero-order valence-corrected chi connectivity index (χ0v) is 14.2. The van der Waals surface area contributed by atoms with E-state index in [0.29, 0.717) is 18.1 Å². The third-order valence-electron chi connectivity index (χ3n) is 3.46. The van der Waals surface area contributed by atoms with Crippen LogP contribution >= 0.6 is 22.9 Å². The summed E-state index contributed by atoms with van der Waals surface area (Å²) in [7, 11) is -3.84. The number of hydrogen-bond donors (Lipinski definition) is 1. The van der Waals surface area contributed by atoms with Gasteiger partial charge in [0.1, 0.15) is 0 Å². The molecule has 3 rings (SSSR count). The van der Waals surface area contributed by atoms with Crippen LogP contribution in [0.4, 0.5) is 0 Å². The maximum atomic E-state index is 12.6. The summed E-state index contributed by atoms with van der Waals surface area (Å²) in [5, 5.41) is 1.60. The third-order valence-corrected chi connectivity index (χ3v) is 6.14. The Kier molecular flexibility index (Phi) is 4.15. The van der Waals surface area contributed by atoms with E-state index in [2.05, 4.69) is 9.71 Å². The molecule has 1 aliphatic rings. The Morgan fingerprint density at radius 3 is 3.05 bits per heavy atom. The zero-order chi connectivity index (χ0) is 15.9. The lowest BCUT2D eigenvalue weighted by molar-refractivity contribution is -0.127. The number of likely N-dealkylation sites (tertiary alicyclic amines) is 1. The summed E-state index contributed by atoms with van der Waals surface area (Å²) in [5.74, 6) is -0.0328. The molecule has 2 aromatic heterocycles. The number of halogens is 1. The molecule has 0 aromatic carbocycles. The Balaban J connectivity index is 1.84. The summed E-state index contributed by atoms with van der Waals surface area (Å²) in [4.78, 5) is 18.0. The molecule has 1 saturated heterocycles. The van der Waals surface area contributed by atoms with Crippen molar-refractivity contribution in [2.45, 2.75) is 30.8 Å². The van der Waals surface area contributed by atoms with E-state index in [1.54, 1.807) is 16.5 Å². The topological polar surface area (TPSA) is 83.8 Å². The van der Waals surface area contributed by atoms with Crippen molar-refractivity contribution in [3.05, 3.63) is 16.7 Å². The summed E-state index contributed by atoms with van der Waals surface area (Å²) in [5.41, 5.74) is 0. The molecular formula is C12H15ClN4O3S2. The maximum Gasteiger partial charge on any atom is 0.260 e. The van der Waals surface area contributed by atoms with Gasteiger partial charge in [-0.15, -0.1) is 11.3 Å². The highest BCUT2D eigenvalue weighted by molar-refractivity contribution is 7.89. The smallest absolute Gasteiger partial charge is 0.260 e. The molecule has 1 aliphatic heterocycles. The minimum Gasteiger partial charge on any atom is -0.341 e. The van der Waals surface area contributed by atoms with Gasteiger partial charge in [-0.05, 0) is 6.42 Å². The van der Waals surface area contributed by atoms with Crippen LogP contribution in [0.5, 0.6) is 0 Å². The van der Waals surface area contributed by atoms with Crippen molar-refractivity contribution >= 4 is 43.8 Å². The maximum absolute atomic E-state index is 12.6. The van der Waals surface area contributed by atoms with Crippen LogP contribution in [0.15, 0.2) is 16.6 Å². The molecule has 0 saturated carbocycles. The highest BCUT2D eigenvalue weighted by atomic mass is 35.5. The van der Waals surface area contributed by atoms with Crippen LogP contribution < -0.4 is 4.72 Å². The van der Waals surface area contributed by atoms with Gasteiger partial charge in [-0.3, -0.25) is 9.20 Å². The van der Waals surface area contributed by atoms with E-state index in [1.807, 2.05) is 6.92 Å². The van der Waals surface area contributed by atoms with Crippen molar-refractivity contribution in [3.63, 3.8) is 0 Å². The van der Waals surface area contributed by atoms with E-state index >= 15 is 0 Å². The molecule has 7 nitrogen and oxygen atoms in total. The van der Waals surface area contributed by atoms with Crippen LogP contribution in [0, 0.1) is 0 Å². The number of carbonyl (C=O) groups is 1. The van der Waals surface area contributed by atoms with Gasteiger partial charge in [0.15, 0.2) is 15.1 Å². The Hall–Kier alpha value is -1.16. The van der Waals surface area contributed by atoms with Gasteiger partial charge in [0, 0.05) is 37.1 Å². The standard InChI is InChI=1S/C12H15ClN4O3S2/c1-2-3-16-7-8(6-9(16)18)15-22(19,20)11-10(13)14-12-17(11)4-5-21-12/h4-5,8,15H,2-3,6-7H2,1H3/t8-/m1/s1. The number of nitrogens with one attached hydrogen (secondary N) is 1. The van der Waals surface area contributed by atoms with Crippen LogP contribution in [0.2, 0.25) is 5.15 Å². The first-order valence-corrected chi connectivity index (χ1v) is 9.57. The first-order chi connectivity index (χ1) is 10.4. The first kappa shape index (κ1) is 15.7. The molecule has 0 spiro atoms. The summed E-state index contributed by atoms with van der Waals surface area (Å²) in [6.45, 7) is 3.00. The van der Waals surface area contributed by atoms with Gasteiger partial charge in [-0.1, -0.05) is 18.5 Å². The minimum absolute atomic E-state index is 0.0328. The molecule has 120 valence electrons. The number of amides is 1. The number of fused-ring (bicyclic) bond motifs is 1. The number of imidazole rings is 1. The second-order valence-electron chi connectivity index (χ2n) is 5.13. The molecule has 2 aromatic rings. The molecule has 10 heteroatoms. The van der Waals surface area contributed by atoms with Crippen molar-refractivity contribution in [1.29, 1.82) is 0 Å². The van der Waals surface area contributed by atoms with Gasteiger partial charge in [0.25, 0.3) is 10.0 Å².